The van der Waals surface area contributed by atoms with E-state index in [9.17, 15) is 14.7 Å². The maximum absolute atomic E-state index is 11.8. The van der Waals surface area contributed by atoms with Crippen LogP contribution in [0, 0.1) is 5.92 Å². The van der Waals surface area contributed by atoms with Gasteiger partial charge in [-0.1, -0.05) is 13.8 Å². The number of aliphatic hydroxyl groups is 1. The first kappa shape index (κ1) is 15.3. The second-order valence-electron chi connectivity index (χ2n) is 5.69. The molecule has 1 heterocycles. The molecule has 0 aliphatic rings. The predicted molar refractivity (Wildman–Crippen MR) is 75.4 cm³/mol. The number of aromatic nitrogens is 2. The molecular formula is C12H22N4O3. The number of nitrogens with zero attached hydrogens (tertiary/aromatic N) is 1. The quantitative estimate of drug-likeness (QED) is 0.599. The summed E-state index contributed by atoms with van der Waals surface area (Å²) in [4.78, 5) is 25.8. The lowest BCUT2D eigenvalue weighted by Crippen LogP contribution is -2.41. The first-order chi connectivity index (χ1) is 8.68. The lowest BCUT2D eigenvalue weighted by molar-refractivity contribution is 0.234. The number of aromatic amines is 1. The molecule has 0 aliphatic carbocycles. The van der Waals surface area contributed by atoms with Crippen LogP contribution in [0.15, 0.2) is 9.59 Å². The van der Waals surface area contributed by atoms with Crippen LogP contribution in [0.5, 0.6) is 0 Å². The highest BCUT2D eigenvalue weighted by atomic mass is 16.3. The van der Waals surface area contributed by atoms with E-state index in [1.165, 1.54) is 4.57 Å². The smallest absolute Gasteiger partial charge is 0.330 e. The molecular weight excluding hydrogens is 248 g/mol. The number of nitrogen functional groups attached to an aromatic ring is 1. The Hall–Kier alpha value is -1.76. The third-order valence-electron chi connectivity index (χ3n) is 2.65. The summed E-state index contributed by atoms with van der Waals surface area (Å²) in [5.74, 6) is 0.300. The number of rotatable bonds is 5. The molecule has 0 aromatic carbocycles. The average molecular weight is 270 g/mol. The van der Waals surface area contributed by atoms with Crippen molar-refractivity contribution in [2.45, 2.75) is 39.8 Å². The van der Waals surface area contributed by atoms with Crippen molar-refractivity contribution in [3.8, 4) is 0 Å². The summed E-state index contributed by atoms with van der Waals surface area (Å²) in [6, 6.07) is 0. The summed E-state index contributed by atoms with van der Waals surface area (Å²) >= 11 is 0. The zero-order chi connectivity index (χ0) is 14.8. The van der Waals surface area contributed by atoms with Gasteiger partial charge in [-0.25, -0.2) is 4.79 Å². The summed E-state index contributed by atoms with van der Waals surface area (Å²) in [6.45, 7) is 7.59. The minimum atomic E-state index is -0.707. The molecule has 0 unspecified atom stereocenters. The Morgan fingerprint density at radius 2 is 2.00 bits per heavy atom. The van der Waals surface area contributed by atoms with E-state index in [0.717, 1.165) is 0 Å². The molecule has 0 spiro atoms. The molecule has 1 aromatic heterocycles. The fourth-order valence-corrected chi connectivity index (χ4v) is 1.63. The van der Waals surface area contributed by atoms with Crippen molar-refractivity contribution in [2.24, 2.45) is 5.92 Å². The van der Waals surface area contributed by atoms with Crippen molar-refractivity contribution < 1.29 is 5.11 Å². The van der Waals surface area contributed by atoms with Crippen LogP contribution < -0.4 is 22.3 Å². The van der Waals surface area contributed by atoms with Gasteiger partial charge in [0.1, 0.15) is 11.5 Å². The van der Waals surface area contributed by atoms with Gasteiger partial charge in [0, 0.05) is 6.54 Å². The number of nitrogens with one attached hydrogen (secondary N) is 2. The van der Waals surface area contributed by atoms with Crippen LogP contribution in [0.4, 0.5) is 11.5 Å². The highest BCUT2D eigenvalue weighted by Gasteiger charge is 2.21. The van der Waals surface area contributed by atoms with E-state index in [4.69, 9.17) is 5.73 Å². The highest BCUT2D eigenvalue weighted by molar-refractivity contribution is 5.61. The van der Waals surface area contributed by atoms with Crippen molar-refractivity contribution >= 4 is 11.5 Å². The lowest BCUT2D eigenvalue weighted by Gasteiger charge is -2.26. The van der Waals surface area contributed by atoms with Crippen LogP contribution >= 0.6 is 0 Å². The molecule has 0 saturated carbocycles. The molecule has 0 bridgehead atoms. The normalized spacial score (nSPS) is 11.9. The van der Waals surface area contributed by atoms with Crippen molar-refractivity contribution in [1.29, 1.82) is 0 Å². The van der Waals surface area contributed by atoms with Gasteiger partial charge >= 0.3 is 5.69 Å². The molecule has 5 N–H and O–H groups in total. The van der Waals surface area contributed by atoms with E-state index in [-0.39, 0.29) is 24.0 Å². The van der Waals surface area contributed by atoms with Gasteiger partial charge in [0.25, 0.3) is 5.56 Å². The molecule has 0 aliphatic heterocycles. The first-order valence-electron chi connectivity index (χ1n) is 6.19. The Labute approximate surface area is 111 Å². The Morgan fingerprint density at radius 1 is 1.42 bits per heavy atom. The van der Waals surface area contributed by atoms with Crippen molar-refractivity contribution in [2.75, 3.05) is 17.7 Å². The monoisotopic (exact) mass is 270 g/mol. The van der Waals surface area contributed by atoms with E-state index >= 15 is 0 Å². The number of anilines is 2. The Morgan fingerprint density at radius 3 is 2.47 bits per heavy atom. The van der Waals surface area contributed by atoms with Gasteiger partial charge < -0.3 is 16.2 Å². The van der Waals surface area contributed by atoms with Gasteiger partial charge in [0.15, 0.2) is 0 Å². The minimum Gasteiger partial charge on any atom is -0.394 e. The Balaban J connectivity index is 3.33. The Bertz CT molecular complexity index is 557. The lowest BCUT2D eigenvalue weighted by atomic mass is 10.1. The maximum Gasteiger partial charge on any atom is 0.330 e. The second-order valence-corrected chi connectivity index (χ2v) is 5.69. The number of aliphatic hydroxyl groups excluding tert-OH is 1. The number of nitrogens with two attached hydrogens (primary N) is 1. The second kappa shape index (κ2) is 5.48. The van der Waals surface area contributed by atoms with Crippen LogP contribution in [0.3, 0.4) is 0 Å². The van der Waals surface area contributed by atoms with Crippen molar-refractivity contribution in [3.05, 3.63) is 20.8 Å². The topological polar surface area (TPSA) is 113 Å². The number of H-pyrrole nitrogens is 1. The van der Waals surface area contributed by atoms with Crippen LogP contribution in [-0.2, 0) is 6.54 Å². The Kier molecular flexibility index (Phi) is 4.41. The van der Waals surface area contributed by atoms with E-state index in [0.29, 0.717) is 6.54 Å². The summed E-state index contributed by atoms with van der Waals surface area (Å²) in [6.07, 6.45) is 0. The van der Waals surface area contributed by atoms with Gasteiger partial charge in [0.05, 0.1) is 12.1 Å². The zero-order valence-corrected chi connectivity index (χ0v) is 11.8. The van der Waals surface area contributed by atoms with Crippen LogP contribution in [0.25, 0.3) is 0 Å². The minimum absolute atomic E-state index is 0.0870. The van der Waals surface area contributed by atoms with Gasteiger partial charge in [-0.05, 0) is 19.8 Å². The third-order valence-corrected chi connectivity index (χ3v) is 2.65. The largest absolute Gasteiger partial charge is 0.394 e. The third kappa shape index (κ3) is 3.60. The first-order valence-corrected chi connectivity index (χ1v) is 6.19. The SMILES string of the molecule is CC(C)Cn1c(N)c(NC(C)(C)CO)c(=O)[nH]c1=O. The van der Waals surface area contributed by atoms with Gasteiger partial charge in [-0.15, -0.1) is 0 Å². The standard InChI is InChI=1S/C12H22N4O3/c1-7(2)5-16-9(13)8(10(18)14-11(16)19)15-12(3,4)6-17/h7,15,17H,5-6,13H2,1-4H3,(H,14,18,19). The predicted octanol–water partition coefficient (Wildman–Crippen LogP) is -0.0424. The molecule has 1 rings (SSSR count). The van der Waals surface area contributed by atoms with Crippen LogP contribution in [-0.4, -0.2) is 26.8 Å². The zero-order valence-electron chi connectivity index (χ0n) is 11.8. The summed E-state index contributed by atoms with van der Waals surface area (Å²) in [5, 5.41) is 12.1. The van der Waals surface area contributed by atoms with E-state index < -0.39 is 16.8 Å². The molecule has 0 radical (unpaired) electrons. The molecule has 19 heavy (non-hydrogen) atoms. The van der Waals surface area contributed by atoms with Crippen molar-refractivity contribution in [3.63, 3.8) is 0 Å². The summed E-state index contributed by atoms with van der Waals surface area (Å²) in [5.41, 5.74) is 4.19. The molecule has 1 aromatic rings. The fraction of sp³-hybridized carbons (Fsp3) is 0.667. The summed E-state index contributed by atoms with van der Waals surface area (Å²) < 4.78 is 1.32. The van der Waals surface area contributed by atoms with Gasteiger partial charge in [0.2, 0.25) is 0 Å². The van der Waals surface area contributed by atoms with Gasteiger partial charge in [-0.2, -0.15) is 0 Å². The fourth-order valence-electron chi connectivity index (χ4n) is 1.63. The average Bonchev–Trinajstić information content (AvgIpc) is 2.30. The maximum atomic E-state index is 11.8. The van der Waals surface area contributed by atoms with Crippen molar-refractivity contribution in [1.82, 2.24) is 9.55 Å². The number of hydrogen-bond donors (Lipinski definition) is 4. The van der Waals surface area contributed by atoms with E-state index in [1.54, 1.807) is 13.8 Å². The molecule has 108 valence electrons. The highest BCUT2D eigenvalue weighted by Crippen LogP contribution is 2.17. The molecule has 7 heteroatoms. The van der Waals surface area contributed by atoms with Crippen LogP contribution in [0.2, 0.25) is 0 Å². The van der Waals surface area contributed by atoms with Gasteiger partial charge in [-0.3, -0.25) is 14.3 Å². The molecule has 0 saturated heterocycles. The van der Waals surface area contributed by atoms with E-state index in [1.807, 2.05) is 13.8 Å². The van der Waals surface area contributed by atoms with E-state index in [2.05, 4.69) is 10.3 Å². The molecule has 0 atom stereocenters. The number of hydrogen-bond acceptors (Lipinski definition) is 5. The summed E-state index contributed by atoms with van der Waals surface area (Å²) in [7, 11) is 0. The molecule has 0 fully saturated rings. The van der Waals surface area contributed by atoms with Crippen LogP contribution in [0.1, 0.15) is 27.7 Å². The molecule has 7 nitrogen and oxygen atoms in total. The molecule has 0 amide bonds.